The van der Waals surface area contributed by atoms with Crippen molar-refractivity contribution in [1.82, 2.24) is 4.98 Å². The SMILES string of the molecule is Bc1cc2nc(C(C)(C)O)c(N)cc2cc1Cl. The number of nitrogens with zero attached hydrogens (tertiary/aromatic N) is 1. The Balaban J connectivity index is 2.76. The first-order valence-electron chi connectivity index (χ1n) is 5.38. The van der Waals surface area contributed by atoms with Gasteiger partial charge in [0, 0.05) is 10.4 Å². The maximum atomic E-state index is 9.98. The minimum absolute atomic E-state index is 0.477. The Morgan fingerprint density at radius 2 is 2.00 bits per heavy atom. The zero-order valence-electron chi connectivity index (χ0n) is 10.1. The van der Waals surface area contributed by atoms with Crippen molar-refractivity contribution in [3.8, 4) is 0 Å². The van der Waals surface area contributed by atoms with Gasteiger partial charge in [-0.05, 0) is 32.0 Å². The van der Waals surface area contributed by atoms with E-state index in [4.69, 9.17) is 17.3 Å². The lowest BCUT2D eigenvalue weighted by molar-refractivity contribution is 0.0751. The van der Waals surface area contributed by atoms with Crippen molar-refractivity contribution in [3.05, 3.63) is 28.9 Å². The largest absolute Gasteiger partial charge is 0.397 e. The third-order valence-electron chi connectivity index (χ3n) is 2.70. The molecule has 0 amide bonds. The highest BCUT2D eigenvalue weighted by Gasteiger charge is 2.21. The molecule has 0 unspecified atom stereocenters. The first kappa shape index (κ1) is 12.2. The van der Waals surface area contributed by atoms with Crippen LogP contribution >= 0.6 is 11.6 Å². The Morgan fingerprint density at radius 3 is 2.59 bits per heavy atom. The normalized spacial score (nSPS) is 12.0. The van der Waals surface area contributed by atoms with Crippen molar-refractivity contribution in [2.75, 3.05) is 5.73 Å². The van der Waals surface area contributed by atoms with Crippen molar-refractivity contribution >= 4 is 41.5 Å². The van der Waals surface area contributed by atoms with E-state index in [1.54, 1.807) is 19.9 Å². The minimum Gasteiger partial charge on any atom is -0.397 e. The van der Waals surface area contributed by atoms with Crippen molar-refractivity contribution in [1.29, 1.82) is 0 Å². The highest BCUT2D eigenvalue weighted by Crippen LogP contribution is 2.27. The van der Waals surface area contributed by atoms with Gasteiger partial charge in [0.2, 0.25) is 0 Å². The van der Waals surface area contributed by atoms with Crippen LogP contribution < -0.4 is 11.2 Å². The molecule has 5 heteroatoms. The molecule has 3 N–H and O–H groups in total. The zero-order valence-corrected chi connectivity index (χ0v) is 10.8. The Morgan fingerprint density at radius 1 is 1.35 bits per heavy atom. The molecule has 0 fully saturated rings. The standard InChI is InChI=1S/C12H14BClN2O/c1-12(2,17)11-9(15)4-6-3-8(14)7(13)5-10(6)16-11/h3-5,17H,13,15H2,1-2H3. The zero-order chi connectivity index (χ0) is 12.8. The van der Waals surface area contributed by atoms with Crippen LogP contribution in [0.4, 0.5) is 5.69 Å². The average molecular weight is 249 g/mol. The van der Waals surface area contributed by atoms with Gasteiger partial charge >= 0.3 is 0 Å². The Kier molecular flexibility index (Phi) is 2.80. The minimum atomic E-state index is -1.05. The smallest absolute Gasteiger partial charge is 0.141 e. The molecule has 88 valence electrons. The monoisotopic (exact) mass is 248 g/mol. The van der Waals surface area contributed by atoms with Gasteiger partial charge in [-0.25, -0.2) is 4.98 Å². The van der Waals surface area contributed by atoms with E-state index < -0.39 is 5.60 Å². The van der Waals surface area contributed by atoms with E-state index >= 15 is 0 Å². The Hall–Kier alpha value is -1.26. The summed E-state index contributed by atoms with van der Waals surface area (Å²) in [6.07, 6.45) is 0. The van der Waals surface area contributed by atoms with E-state index in [1.807, 2.05) is 20.0 Å². The molecule has 2 rings (SSSR count). The summed E-state index contributed by atoms with van der Waals surface area (Å²) in [5.74, 6) is 0. The average Bonchev–Trinajstić information content (AvgIpc) is 2.18. The topological polar surface area (TPSA) is 59.1 Å². The third kappa shape index (κ3) is 2.23. The van der Waals surface area contributed by atoms with Gasteiger partial charge < -0.3 is 10.8 Å². The number of nitrogen functional groups attached to an aromatic ring is 1. The van der Waals surface area contributed by atoms with E-state index in [-0.39, 0.29) is 0 Å². The van der Waals surface area contributed by atoms with E-state index in [9.17, 15) is 5.11 Å². The number of fused-ring (bicyclic) bond motifs is 1. The summed E-state index contributed by atoms with van der Waals surface area (Å²) < 4.78 is 0. The lowest BCUT2D eigenvalue weighted by Crippen LogP contribution is -2.20. The van der Waals surface area contributed by atoms with Gasteiger partial charge in [0.25, 0.3) is 0 Å². The molecule has 0 aliphatic heterocycles. The number of aromatic nitrogens is 1. The van der Waals surface area contributed by atoms with E-state index in [2.05, 4.69) is 4.98 Å². The van der Waals surface area contributed by atoms with Gasteiger partial charge in [0.15, 0.2) is 0 Å². The molecule has 0 bridgehead atoms. The molecule has 17 heavy (non-hydrogen) atoms. The van der Waals surface area contributed by atoms with Crippen LogP contribution in [-0.2, 0) is 5.60 Å². The maximum Gasteiger partial charge on any atom is 0.141 e. The molecular formula is C12H14BClN2O. The van der Waals surface area contributed by atoms with Crippen LogP contribution in [-0.4, -0.2) is 17.9 Å². The first-order chi connectivity index (χ1) is 7.79. The lowest BCUT2D eigenvalue weighted by Gasteiger charge is -2.19. The summed E-state index contributed by atoms with van der Waals surface area (Å²) in [5, 5.41) is 11.6. The predicted molar refractivity (Wildman–Crippen MR) is 74.6 cm³/mol. The molecule has 0 aliphatic carbocycles. The number of aliphatic hydroxyl groups is 1. The summed E-state index contributed by atoms with van der Waals surface area (Å²) in [5.41, 5.74) is 7.56. The number of benzene rings is 1. The Labute approximate surface area is 106 Å². The van der Waals surface area contributed by atoms with E-state index in [1.165, 1.54) is 0 Å². The van der Waals surface area contributed by atoms with Crippen LogP contribution in [0.2, 0.25) is 5.02 Å². The van der Waals surface area contributed by atoms with Gasteiger partial charge in [-0.1, -0.05) is 17.1 Å². The fraction of sp³-hybridized carbons (Fsp3) is 0.250. The number of hydrogen-bond acceptors (Lipinski definition) is 3. The summed E-state index contributed by atoms with van der Waals surface area (Å²) in [7, 11) is 1.92. The maximum absolute atomic E-state index is 9.98. The highest BCUT2D eigenvalue weighted by molar-refractivity contribution is 6.45. The van der Waals surface area contributed by atoms with Gasteiger partial charge in [-0.3, -0.25) is 0 Å². The van der Waals surface area contributed by atoms with Crippen LogP contribution in [0.1, 0.15) is 19.5 Å². The number of nitrogens with two attached hydrogens (primary N) is 1. The molecule has 0 saturated carbocycles. The van der Waals surface area contributed by atoms with Gasteiger partial charge in [0.1, 0.15) is 13.4 Å². The van der Waals surface area contributed by atoms with Crippen molar-refractivity contribution in [2.45, 2.75) is 19.4 Å². The number of hydrogen-bond donors (Lipinski definition) is 2. The molecular weight excluding hydrogens is 234 g/mol. The molecule has 0 aliphatic rings. The molecule has 3 nitrogen and oxygen atoms in total. The number of halogens is 1. The van der Waals surface area contributed by atoms with Crippen LogP contribution in [0.3, 0.4) is 0 Å². The van der Waals surface area contributed by atoms with E-state index in [0.717, 1.165) is 16.4 Å². The van der Waals surface area contributed by atoms with Crippen molar-refractivity contribution < 1.29 is 5.11 Å². The second-order valence-electron chi connectivity index (χ2n) is 4.78. The van der Waals surface area contributed by atoms with Crippen molar-refractivity contribution in [2.24, 2.45) is 0 Å². The molecule has 0 atom stereocenters. The fourth-order valence-corrected chi connectivity index (χ4v) is 1.98. The quantitative estimate of drug-likeness (QED) is 0.739. The number of rotatable bonds is 1. The highest BCUT2D eigenvalue weighted by atomic mass is 35.5. The molecule has 0 spiro atoms. The summed E-state index contributed by atoms with van der Waals surface area (Å²) in [6, 6.07) is 5.52. The summed E-state index contributed by atoms with van der Waals surface area (Å²) in [6.45, 7) is 3.33. The molecule has 0 saturated heterocycles. The lowest BCUT2D eigenvalue weighted by atomic mass is 9.94. The van der Waals surface area contributed by atoms with E-state index in [0.29, 0.717) is 16.4 Å². The van der Waals surface area contributed by atoms with Gasteiger partial charge in [0.05, 0.1) is 16.9 Å². The predicted octanol–water partition coefficient (Wildman–Crippen LogP) is 0.956. The van der Waals surface area contributed by atoms with Crippen LogP contribution in [0, 0.1) is 0 Å². The van der Waals surface area contributed by atoms with Crippen LogP contribution in [0.5, 0.6) is 0 Å². The molecule has 2 aromatic rings. The van der Waals surface area contributed by atoms with Crippen LogP contribution in [0.15, 0.2) is 18.2 Å². The molecule has 0 radical (unpaired) electrons. The van der Waals surface area contributed by atoms with Crippen molar-refractivity contribution in [3.63, 3.8) is 0 Å². The summed E-state index contributed by atoms with van der Waals surface area (Å²) >= 11 is 6.05. The number of pyridine rings is 1. The van der Waals surface area contributed by atoms with Gasteiger partial charge in [-0.15, -0.1) is 0 Å². The first-order valence-corrected chi connectivity index (χ1v) is 5.76. The second kappa shape index (κ2) is 3.89. The second-order valence-corrected chi connectivity index (χ2v) is 5.19. The molecule has 1 heterocycles. The third-order valence-corrected chi connectivity index (χ3v) is 3.11. The van der Waals surface area contributed by atoms with Gasteiger partial charge in [-0.2, -0.15) is 0 Å². The molecule has 1 aromatic carbocycles. The molecule has 1 aromatic heterocycles. The Bertz CT molecular complexity index is 593. The van der Waals surface area contributed by atoms with Crippen LogP contribution in [0.25, 0.3) is 10.9 Å². The fourth-order valence-electron chi connectivity index (χ4n) is 1.81. The number of anilines is 1. The summed E-state index contributed by atoms with van der Waals surface area (Å²) in [4.78, 5) is 4.41.